The molecule has 0 aliphatic heterocycles. The van der Waals surface area contributed by atoms with Crippen LogP contribution in [0.15, 0.2) is 133 Å². The zero-order valence-corrected chi connectivity index (χ0v) is 56.8. The van der Waals surface area contributed by atoms with Crippen LogP contribution in [-0.4, -0.2) is 0 Å². The fraction of sp³-hybridized carbons (Fsp3) is 0.400. The summed E-state index contributed by atoms with van der Waals surface area (Å²) in [6, 6.07) is 53.8. The van der Waals surface area contributed by atoms with Crippen molar-refractivity contribution in [2.24, 2.45) is 0 Å². The molecule has 6 heteroatoms. The maximum absolute atomic E-state index is 2.59. The highest BCUT2D eigenvalue weighted by Crippen LogP contribution is 2.52. The van der Waals surface area contributed by atoms with Gasteiger partial charge in [0.05, 0.1) is 0 Å². The molecule has 12 aromatic rings. The first kappa shape index (κ1) is 61.3. The molecule has 0 saturated heterocycles. The van der Waals surface area contributed by atoms with Crippen LogP contribution < -0.4 is 0 Å². The summed E-state index contributed by atoms with van der Waals surface area (Å²) in [5.41, 5.74) is 5.63. The van der Waals surface area contributed by atoms with E-state index >= 15 is 0 Å². The van der Waals surface area contributed by atoms with E-state index in [1.807, 2.05) is 68.0 Å². The van der Waals surface area contributed by atoms with Crippen LogP contribution in [0.4, 0.5) is 0 Å². The Labute approximate surface area is 538 Å². The van der Waals surface area contributed by atoms with Crippen molar-refractivity contribution in [2.45, 2.75) is 207 Å². The van der Waals surface area contributed by atoms with Crippen LogP contribution in [0, 0.1) is 0 Å². The van der Waals surface area contributed by atoms with E-state index in [2.05, 4.69) is 161 Å². The van der Waals surface area contributed by atoms with Crippen LogP contribution in [0.3, 0.4) is 0 Å². The van der Waals surface area contributed by atoms with E-state index in [-0.39, 0.29) is 0 Å². The van der Waals surface area contributed by atoms with Crippen molar-refractivity contribution >= 4 is 131 Å². The third kappa shape index (κ3) is 14.1. The van der Waals surface area contributed by atoms with Crippen LogP contribution in [0.1, 0.15) is 201 Å². The number of rotatable bonds is 33. The average molecular weight is 1240 g/mol. The zero-order chi connectivity index (χ0) is 58.6. The third-order valence-electron chi connectivity index (χ3n) is 18.3. The molecule has 86 heavy (non-hydrogen) atoms. The van der Waals surface area contributed by atoms with Gasteiger partial charge in [-0.15, -0.1) is 68.0 Å². The Morgan fingerprint density at radius 2 is 0.477 bits per heavy atom. The molecule has 0 atom stereocenters. The molecule has 6 aromatic heterocycles. The summed E-state index contributed by atoms with van der Waals surface area (Å²) in [7, 11) is 0. The summed E-state index contributed by atoms with van der Waals surface area (Å²) < 4.78 is 2.74. The minimum atomic E-state index is 1.17. The van der Waals surface area contributed by atoms with Gasteiger partial charge in [-0.2, -0.15) is 0 Å². The smallest absolute Gasteiger partial charge is 0.0455 e. The molecular weight excluding hydrogens is 1150 g/mol. The SMILES string of the molecule is CCCCCCCCc1ccc(-c2c3ccccc3c(-c3ccc(CCCCCCCC)s3)c3cc4sc(-c5cc6cc7c(-c8ccc(CCCCCCCC)s8)c8ccccc8c(-c8ccc(CCCCCCCC)s8)c7cc6s5)cc4cc23)s1. The van der Waals surface area contributed by atoms with Crippen molar-refractivity contribution in [2.75, 3.05) is 0 Å². The number of hydrogen-bond acceptors (Lipinski definition) is 6. The van der Waals surface area contributed by atoms with E-state index in [1.54, 1.807) is 0 Å². The van der Waals surface area contributed by atoms with E-state index in [4.69, 9.17) is 0 Å². The topological polar surface area (TPSA) is 0 Å². The largest absolute Gasteiger partial charge is 0.140 e. The molecule has 0 N–H and O–H groups in total. The lowest BCUT2D eigenvalue weighted by Crippen LogP contribution is -1.88. The van der Waals surface area contributed by atoms with Crippen molar-refractivity contribution in [3.8, 4) is 51.5 Å². The zero-order valence-electron chi connectivity index (χ0n) is 52.0. The summed E-state index contributed by atoms with van der Waals surface area (Å²) in [6.45, 7) is 9.26. The van der Waals surface area contributed by atoms with Gasteiger partial charge in [0.2, 0.25) is 0 Å². The Morgan fingerprint density at radius 1 is 0.221 bits per heavy atom. The highest BCUT2D eigenvalue weighted by atomic mass is 32.1. The van der Waals surface area contributed by atoms with Gasteiger partial charge in [-0.25, -0.2) is 0 Å². The van der Waals surface area contributed by atoms with Crippen LogP contribution in [-0.2, 0) is 25.7 Å². The van der Waals surface area contributed by atoms with Crippen LogP contribution in [0.5, 0.6) is 0 Å². The molecule has 0 amide bonds. The molecule has 0 saturated carbocycles. The lowest BCUT2D eigenvalue weighted by Gasteiger charge is -2.16. The number of aryl methyl sites for hydroxylation is 4. The number of fused-ring (bicyclic) bond motifs is 6. The minimum Gasteiger partial charge on any atom is -0.140 e. The van der Waals surface area contributed by atoms with Gasteiger partial charge in [-0.1, -0.05) is 205 Å². The molecule has 12 rings (SSSR count). The molecule has 0 bridgehead atoms. The highest BCUT2D eigenvalue weighted by molar-refractivity contribution is 7.28. The Morgan fingerprint density at radius 3 is 0.756 bits per heavy atom. The number of unbranched alkanes of at least 4 members (excludes halogenated alkanes) is 20. The van der Waals surface area contributed by atoms with Crippen LogP contribution >= 0.6 is 68.0 Å². The summed E-state index contributed by atoms with van der Waals surface area (Å²) in [5, 5.41) is 13.7. The van der Waals surface area contributed by atoms with E-state index in [0.29, 0.717) is 0 Å². The van der Waals surface area contributed by atoms with Crippen molar-refractivity contribution in [3.63, 3.8) is 0 Å². The second-order valence-electron chi connectivity index (χ2n) is 24.8. The number of thiophene rings is 6. The Kier molecular flexibility index (Phi) is 21.4. The summed E-state index contributed by atoms with van der Waals surface area (Å²) in [5.74, 6) is 0. The van der Waals surface area contributed by atoms with Crippen LogP contribution in [0.25, 0.3) is 115 Å². The molecule has 6 aromatic carbocycles. The van der Waals surface area contributed by atoms with Gasteiger partial charge in [0.1, 0.15) is 0 Å². The summed E-state index contributed by atoms with van der Waals surface area (Å²) in [6.07, 6.45) is 36.6. The van der Waals surface area contributed by atoms with Crippen molar-refractivity contribution in [3.05, 3.63) is 153 Å². The first-order valence-electron chi connectivity index (χ1n) is 33.7. The third-order valence-corrected chi connectivity index (χ3v) is 25.3. The van der Waals surface area contributed by atoms with Crippen LogP contribution in [0.2, 0.25) is 0 Å². The minimum absolute atomic E-state index is 1.17. The Bertz CT molecular complexity index is 3630. The second-order valence-corrected chi connectivity index (χ2v) is 31.7. The first-order valence-corrected chi connectivity index (χ1v) is 38.6. The molecule has 0 spiro atoms. The lowest BCUT2D eigenvalue weighted by atomic mass is 9.89. The number of hydrogen-bond donors (Lipinski definition) is 0. The Balaban J connectivity index is 0.960. The molecule has 0 fully saturated rings. The predicted octanol–water partition coefficient (Wildman–Crippen LogP) is 28.9. The quantitative estimate of drug-likeness (QED) is 0.0284. The molecule has 0 nitrogen and oxygen atoms in total. The Hall–Kier alpha value is -4.92. The predicted molar refractivity (Wildman–Crippen MR) is 394 cm³/mol. The standard InChI is InChI=1S/C80H90S6/c1-5-9-13-17-21-25-33-57-41-45-69(81-57)77-61-37-29-31-39-63(61)79(71-47-43-59(83-71)35-27-23-19-15-11-7-3)67-53-73-55(49-65(67)77)51-75(85-73)76-52-56-50-66-68(54-74(56)86-76)80(72-48-44-60(84-72)36-28-24-20-16-12-8-4)64-40-32-30-38-62(64)78(66)70-46-42-58(82-70)34-26-22-18-14-10-6-2/h29-32,37-54H,5-28,33-36H2,1-4H3. The van der Waals surface area contributed by atoms with Gasteiger partial charge in [0.25, 0.3) is 0 Å². The first-order chi connectivity index (χ1) is 42.5. The van der Waals surface area contributed by atoms with E-state index in [9.17, 15) is 0 Å². The fourth-order valence-electron chi connectivity index (χ4n) is 13.6. The van der Waals surface area contributed by atoms with Gasteiger partial charge < -0.3 is 0 Å². The maximum Gasteiger partial charge on any atom is 0.0455 e. The molecule has 446 valence electrons. The molecule has 0 unspecified atom stereocenters. The van der Waals surface area contributed by atoms with Gasteiger partial charge >= 0.3 is 0 Å². The number of benzene rings is 6. The van der Waals surface area contributed by atoms with Gasteiger partial charge in [0, 0.05) is 80.4 Å². The van der Waals surface area contributed by atoms with E-state index in [1.165, 1.54) is 314 Å². The molecule has 0 aliphatic carbocycles. The normalized spacial score (nSPS) is 12.1. The lowest BCUT2D eigenvalue weighted by molar-refractivity contribution is 0.609. The monoisotopic (exact) mass is 1240 g/mol. The fourth-order valence-corrected chi connectivity index (χ4v) is 20.4. The van der Waals surface area contributed by atoms with Crippen molar-refractivity contribution in [1.29, 1.82) is 0 Å². The molecule has 6 heterocycles. The molecular formula is C80H90S6. The molecule has 0 radical (unpaired) electrons. The van der Waals surface area contributed by atoms with Crippen molar-refractivity contribution in [1.82, 2.24) is 0 Å². The summed E-state index contributed by atoms with van der Waals surface area (Å²) in [4.78, 5) is 14.4. The maximum atomic E-state index is 2.59. The van der Waals surface area contributed by atoms with Gasteiger partial charge in [0.15, 0.2) is 0 Å². The van der Waals surface area contributed by atoms with Crippen molar-refractivity contribution < 1.29 is 0 Å². The van der Waals surface area contributed by atoms with E-state index in [0.717, 1.165) is 0 Å². The average Bonchev–Trinajstić information content (AvgIpc) is 1.33. The second kappa shape index (κ2) is 30.1. The summed E-state index contributed by atoms with van der Waals surface area (Å²) >= 11 is 12.1. The van der Waals surface area contributed by atoms with Gasteiger partial charge in [-0.3, -0.25) is 0 Å². The highest BCUT2D eigenvalue weighted by Gasteiger charge is 2.24. The van der Waals surface area contributed by atoms with E-state index < -0.39 is 0 Å². The molecule has 0 aliphatic rings. The van der Waals surface area contributed by atoms with Gasteiger partial charge in [-0.05, 0) is 190 Å².